The van der Waals surface area contributed by atoms with Crippen molar-refractivity contribution in [2.24, 2.45) is 0 Å². The smallest absolute Gasteiger partial charge is 0.131 e. The third-order valence-electron chi connectivity index (χ3n) is 3.34. The molecule has 4 heteroatoms. The molecule has 1 aliphatic heterocycles. The maximum atomic E-state index is 5.82. The number of nitrogens with two attached hydrogens (primary N) is 1. The molecule has 1 atom stereocenters. The number of nitrogens with zero attached hydrogens (tertiary/aromatic N) is 2. The Bertz CT molecular complexity index is 535. The van der Waals surface area contributed by atoms with E-state index in [0.29, 0.717) is 6.04 Å². The number of rotatable bonds is 1. The van der Waals surface area contributed by atoms with Gasteiger partial charge in [-0.15, -0.1) is 11.3 Å². The molecule has 3 nitrogen and oxygen atoms in total. The van der Waals surface area contributed by atoms with Gasteiger partial charge in [0.15, 0.2) is 0 Å². The summed E-state index contributed by atoms with van der Waals surface area (Å²) >= 11 is 1.86. The molecule has 2 aromatic heterocycles. The highest BCUT2D eigenvalue weighted by molar-refractivity contribution is 7.10. The van der Waals surface area contributed by atoms with E-state index in [9.17, 15) is 0 Å². The second-order valence-corrected chi connectivity index (χ2v) is 5.37. The maximum Gasteiger partial charge on any atom is 0.131 e. The molecule has 0 aliphatic carbocycles. The Hall–Kier alpha value is -1.55. The average Bonchev–Trinajstić information content (AvgIpc) is 2.78. The minimum Gasteiger partial charge on any atom is -0.399 e. The highest BCUT2D eigenvalue weighted by Crippen LogP contribution is 2.35. The molecule has 0 fully saturated rings. The molecule has 0 radical (unpaired) electrons. The third kappa shape index (κ3) is 1.78. The number of thiophene rings is 1. The lowest BCUT2D eigenvalue weighted by molar-refractivity contribution is 0.625. The summed E-state index contributed by atoms with van der Waals surface area (Å²) in [6.45, 7) is 3.25. The van der Waals surface area contributed by atoms with Crippen LogP contribution in [0.1, 0.15) is 23.4 Å². The van der Waals surface area contributed by atoms with Crippen LogP contribution in [0.3, 0.4) is 0 Å². The van der Waals surface area contributed by atoms with Crippen LogP contribution in [0, 0.1) is 0 Å². The summed E-state index contributed by atoms with van der Waals surface area (Å²) in [5.41, 5.74) is 8.03. The molecule has 3 heterocycles. The average molecular weight is 245 g/mol. The molecule has 1 aliphatic rings. The highest BCUT2D eigenvalue weighted by atomic mass is 32.1. The Morgan fingerprint density at radius 3 is 3.18 bits per heavy atom. The SMILES string of the molecule is CC1c2ccsc2CCN1c1cc(N)ccn1. The molecule has 2 N–H and O–H groups in total. The van der Waals surface area contributed by atoms with Gasteiger partial charge in [-0.1, -0.05) is 0 Å². The van der Waals surface area contributed by atoms with Crippen molar-refractivity contribution >= 4 is 22.8 Å². The summed E-state index contributed by atoms with van der Waals surface area (Å²) in [4.78, 5) is 8.26. The zero-order valence-corrected chi connectivity index (χ0v) is 10.6. The molecule has 88 valence electrons. The van der Waals surface area contributed by atoms with Crippen molar-refractivity contribution in [2.75, 3.05) is 17.2 Å². The van der Waals surface area contributed by atoms with Crippen LogP contribution >= 0.6 is 11.3 Å². The van der Waals surface area contributed by atoms with Crippen molar-refractivity contribution in [3.63, 3.8) is 0 Å². The lowest BCUT2D eigenvalue weighted by Crippen LogP contribution is -2.33. The van der Waals surface area contributed by atoms with Gasteiger partial charge in [0.05, 0.1) is 6.04 Å². The highest BCUT2D eigenvalue weighted by Gasteiger charge is 2.25. The van der Waals surface area contributed by atoms with E-state index in [1.54, 1.807) is 6.20 Å². The molecule has 1 unspecified atom stereocenters. The lowest BCUT2D eigenvalue weighted by atomic mass is 10.0. The standard InChI is InChI=1S/C13H15N3S/c1-9-11-4-7-17-12(11)3-6-16(9)13-8-10(14)2-5-15-13/h2,4-5,7-9H,3,6H2,1H3,(H2,14,15). The van der Waals surface area contributed by atoms with E-state index in [4.69, 9.17) is 5.73 Å². The Morgan fingerprint density at radius 2 is 2.35 bits per heavy atom. The van der Waals surface area contributed by atoms with E-state index in [1.165, 1.54) is 10.4 Å². The molecule has 0 saturated heterocycles. The van der Waals surface area contributed by atoms with Gasteiger partial charge in [-0.05, 0) is 36.4 Å². The van der Waals surface area contributed by atoms with Gasteiger partial charge in [-0.25, -0.2) is 4.98 Å². The van der Waals surface area contributed by atoms with Crippen molar-refractivity contribution < 1.29 is 0 Å². The fourth-order valence-corrected chi connectivity index (χ4v) is 3.38. The van der Waals surface area contributed by atoms with Crippen LogP contribution in [0.2, 0.25) is 0 Å². The van der Waals surface area contributed by atoms with Gasteiger partial charge in [0.25, 0.3) is 0 Å². The number of hydrogen-bond acceptors (Lipinski definition) is 4. The van der Waals surface area contributed by atoms with Gasteiger partial charge < -0.3 is 10.6 Å². The van der Waals surface area contributed by atoms with E-state index >= 15 is 0 Å². The van der Waals surface area contributed by atoms with Crippen molar-refractivity contribution in [3.05, 3.63) is 40.2 Å². The first-order chi connectivity index (χ1) is 8.25. The minimum atomic E-state index is 0.388. The van der Waals surface area contributed by atoms with E-state index in [-0.39, 0.29) is 0 Å². The first-order valence-corrected chi connectivity index (χ1v) is 6.68. The third-order valence-corrected chi connectivity index (χ3v) is 4.34. The van der Waals surface area contributed by atoms with Crippen molar-refractivity contribution in [3.8, 4) is 0 Å². The second kappa shape index (κ2) is 4.04. The molecule has 0 saturated carbocycles. The minimum absolute atomic E-state index is 0.388. The molecule has 0 aromatic carbocycles. The molecule has 17 heavy (non-hydrogen) atoms. The van der Waals surface area contributed by atoms with Crippen LogP contribution in [0.5, 0.6) is 0 Å². The zero-order valence-electron chi connectivity index (χ0n) is 9.76. The number of hydrogen-bond donors (Lipinski definition) is 1. The molecule has 0 spiro atoms. The van der Waals surface area contributed by atoms with Crippen molar-refractivity contribution in [1.82, 2.24) is 4.98 Å². The summed E-state index contributed by atoms with van der Waals surface area (Å²) in [7, 11) is 0. The fraction of sp³-hybridized carbons (Fsp3) is 0.308. The molecule has 0 bridgehead atoms. The van der Waals surface area contributed by atoms with Gasteiger partial charge in [0.2, 0.25) is 0 Å². The van der Waals surface area contributed by atoms with E-state index < -0.39 is 0 Å². The van der Waals surface area contributed by atoms with Gasteiger partial charge in [-0.2, -0.15) is 0 Å². The Kier molecular flexibility index (Phi) is 2.52. The fourth-order valence-electron chi connectivity index (χ4n) is 2.41. The molecule has 0 amide bonds. The summed E-state index contributed by atoms with van der Waals surface area (Å²) in [6.07, 6.45) is 2.88. The van der Waals surface area contributed by atoms with E-state index in [0.717, 1.165) is 24.5 Å². The van der Waals surface area contributed by atoms with Crippen LogP contribution in [0.25, 0.3) is 0 Å². The largest absolute Gasteiger partial charge is 0.399 e. The maximum absolute atomic E-state index is 5.82. The zero-order chi connectivity index (χ0) is 11.8. The van der Waals surface area contributed by atoms with Crippen molar-refractivity contribution in [1.29, 1.82) is 0 Å². The van der Waals surface area contributed by atoms with Gasteiger partial charge >= 0.3 is 0 Å². The summed E-state index contributed by atoms with van der Waals surface area (Å²) in [5, 5.41) is 2.18. The normalized spacial score (nSPS) is 19.1. The summed E-state index contributed by atoms with van der Waals surface area (Å²) < 4.78 is 0. The van der Waals surface area contributed by atoms with Crippen LogP contribution in [-0.4, -0.2) is 11.5 Å². The number of aromatic nitrogens is 1. The predicted octanol–water partition coefficient (Wildman–Crippen LogP) is 2.85. The lowest BCUT2D eigenvalue weighted by Gasteiger charge is -2.34. The molecular weight excluding hydrogens is 230 g/mol. The summed E-state index contributed by atoms with van der Waals surface area (Å²) in [5.74, 6) is 0.981. The van der Waals surface area contributed by atoms with E-state index in [1.807, 2.05) is 23.5 Å². The monoisotopic (exact) mass is 245 g/mol. The number of nitrogen functional groups attached to an aromatic ring is 1. The van der Waals surface area contributed by atoms with Crippen LogP contribution in [-0.2, 0) is 6.42 Å². The van der Waals surface area contributed by atoms with Crippen LogP contribution < -0.4 is 10.6 Å². The summed E-state index contributed by atoms with van der Waals surface area (Å²) in [6, 6.07) is 6.39. The van der Waals surface area contributed by atoms with Crippen LogP contribution in [0.15, 0.2) is 29.8 Å². The first kappa shape index (κ1) is 10.6. The van der Waals surface area contributed by atoms with Gasteiger partial charge in [0, 0.05) is 29.4 Å². The second-order valence-electron chi connectivity index (χ2n) is 4.37. The van der Waals surface area contributed by atoms with Gasteiger partial charge in [0.1, 0.15) is 5.82 Å². The number of anilines is 2. The Labute approximate surface area is 105 Å². The molecular formula is C13H15N3S. The molecule has 2 aromatic rings. The van der Waals surface area contributed by atoms with Crippen molar-refractivity contribution in [2.45, 2.75) is 19.4 Å². The number of fused-ring (bicyclic) bond motifs is 1. The van der Waals surface area contributed by atoms with E-state index in [2.05, 4.69) is 28.3 Å². The topological polar surface area (TPSA) is 42.1 Å². The Balaban J connectivity index is 1.96. The molecule has 3 rings (SSSR count). The Morgan fingerprint density at radius 1 is 1.47 bits per heavy atom. The first-order valence-electron chi connectivity index (χ1n) is 5.80. The van der Waals surface area contributed by atoms with Gasteiger partial charge in [-0.3, -0.25) is 0 Å². The predicted molar refractivity (Wildman–Crippen MR) is 72.4 cm³/mol. The number of pyridine rings is 1. The van der Waals surface area contributed by atoms with Crippen LogP contribution in [0.4, 0.5) is 11.5 Å². The quantitative estimate of drug-likeness (QED) is 0.840.